The molecule has 0 fully saturated rings. The lowest BCUT2D eigenvalue weighted by Crippen LogP contribution is -2.30. The first-order valence-corrected chi connectivity index (χ1v) is 10.1. The number of hydrogen-bond donors (Lipinski definition) is 2. The monoisotopic (exact) mass is 364 g/mol. The third kappa shape index (κ3) is 4.59. The summed E-state index contributed by atoms with van der Waals surface area (Å²) in [4.78, 5) is 13.4. The van der Waals surface area contributed by atoms with E-state index >= 15 is 0 Å². The lowest BCUT2D eigenvalue weighted by Gasteiger charge is -2.11. The summed E-state index contributed by atoms with van der Waals surface area (Å²) in [5, 5.41) is 2.78. The van der Waals surface area contributed by atoms with Crippen molar-refractivity contribution < 1.29 is 13.2 Å². The van der Waals surface area contributed by atoms with Gasteiger partial charge in [0.15, 0.2) is 0 Å². The lowest BCUT2D eigenvalue weighted by molar-refractivity contribution is 0.102. The molecule has 1 amide bonds. The van der Waals surface area contributed by atoms with Crippen LogP contribution >= 0.6 is 11.8 Å². The van der Waals surface area contributed by atoms with Gasteiger partial charge in [-0.3, -0.25) is 4.79 Å². The summed E-state index contributed by atoms with van der Waals surface area (Å²) in [6.45, 7) is 3.52. The summed E-state index contributed by atoms with van der Waals surface area (Å²) >= 11 is 1.50. The minimum atomic E-state index is -3.53. The molecule has 0 spiro atoms. The van der Waals surface area contributed by atoms with E-state index in [2.05, 4.69) is 10.0 Å². The van der Waals surface area contributed by atoms with Gasteiger partial charge in [0.2, 0.25) is 10.0 Å². The van der Waals surface area contributed by atoms with Crippen molar-refractivity contribution in [2.75, 3.05) is 11.6 Å². The van der Waals surface area contributed by atoms with Gasteiger partial charge in [-0.1, -0.05) is 12.1 Å². The van der Waals surface area contributed by atoms with Crippen molar-refractivity contribution in [2.45, 2.75) is 29.7 Å². The van der Waals surface area contributed by atoms with Crippen LogP contribution in [0.3, 0.4) is 0 Å². The van der Waals surface area contributed by atoms with E-state index < -0.39 is 10.0 Å². The predicted octanol–water partition coefficient (Wildman–Crippen LogP) is 3.35. The van der Waals surface area contributed by atoms with Gasteiger partial charge in [-0.15, -0.1) is 11.8 Å². The molecule has 7 heteroatoms. The summed E-state index contributed by atoms with van der Waals surface area (Å²) in [6.07, 6.45) is 1.91. The highest BCUT2D eigenvalue weighted by Gasteiger charge is 2.15. The van der Waals surface area contributed by atoms with Crippen molar-refractivity contribution >= 4 is 33.4 Å². The van der Waals surface area contributed by atoms with Gasteiger partial charge < -0.3 is 5.32 Å². The third-order valence-corrected chi connectivity index (χ3v) is 5.64. The summed E-state index contributed by atoms with van der Waals surface area (Å²) in [7, 11) is -3.53. The van der Waals surface area contributed by atoms with Crippen LogP contribution < -0.4 is 10.0 Å². The molecule has 2 aromatic rings. The smallest absolute Gasteiger partial charge is 0.256 e. The van der Waals surface area contributed by atoms with E-state index in [-0.39, 0.29) is 16.8 Å². The SMILES string of the molecule is CSc1ccccc1C(=O)Nc1ccc(S(=O)(=O)NC(C)C)cc1. The first-order chi connectivity index (χ1) is 11.3. The second-order valence-corrected chi connectivity index (χ2v) is 8.02. The fourth-order valence-electron chi connectivity index (χ4n) is 2.13. The second-order valence-electron chi connectivity index (χ2n) is 5.45. The Bertz CT molecular complexity index is 816. The van der Waals surface area contributed by atoms with Crippen molar-refractivity contribution in [3.05, 3.63) is 54.1 Å². The molecule has 128 valence electrons. The van der Waals surface area contributed by atoms with Crippen molar-refractivity contribution in [3.8, 4) is 0 Å². The molecule has 0 radical (unpaired) electrons. The number of carbonyl (C=O) groups is 1. The Morgan fingerprint density at radius 2 is 1.67 bits per heavy atom. The molecule has 0 saturated carbocycles. The van der Waals surface area contributed by atoms with Crippen LogP contribution in [-0.2, 0) is 10.0 Å². The molecular formula is C17H20N2O3S2. The first kappa shape index (κ1) is 18.5. The quantitative estimate of drug-likeness (QED) is 0.771. The maximum Gasteiger partial charge on any atom is 0.256 e. The molecule has 0 aliphatic heterocycles. The largest absolute Gasteiger partial charge is 0.322 e. The molecular weight excluding hydrogens is 344 g/mol. The minimum Gasteiger partial charge on any atom is -0.322 e. The van der Waals surface area contributed by atoms with E-state index in [1.165, 1.54) is 23.9 Å². The van der Waals surface area contributed by atoms with Crippen molar-refractivity contribution in [2.24, 2.45) is 0 Å². The normalized spacial score (nSPS) is 11.5. The molecule has 0 saturated heterocycles. The van der Waals surface area contributed by atoms with Crippen LogP contribution in [0.1, 0.15) is 24.2 Å². The molecule has 2 N–H and O–H groups in total. The highest BCUT2D eigenvalue weighted by Crippen LogP contribution is 2.21. The zero-order chi connectivity index (χ0) is 17.7. The van der Waals surface area contributed by atoms with Gasteiger partial charge in [-0.2, -0.15) is 0 Å². The first-order valence-electron chi connectivity index (χ1n) is 7.40. The van der Waals surface area contributed by atoms with Crippen LogP contribution in [0.5, 0.6) is 0 Å². The Morgan fingerprint density at radius 1 is 1.04 bits per heavy atom. The van der Waals surface area contributed by atoms with E-state index in [9.17, 15) is 13.2 Å². The third-order valence-electron chi connectivity index (χ3n) is 3.16. The number of thioether (sulfide) groups is 1. The molecule has 0 atom stereocenters. The second kappa shape index (κ2) is 7.83. The van der Waals surface area contributed by atoms with Gasteiger partial charge in [0.1, 0.15) is 0 Å². The van der Waals surface area contributed by atoms with Crippen LogP contribution in [0.4, 0.5) is 5.69 Å². The summed E-state index contributed by atoms with van der Waals surface area (Å²) < 4.78 is 26.7. The Hall–Kier alpha value is -1.83. The van der Waals surface area contributed by atoms with Crippen molar-refractivity contribution in [1.82, 2.24) is 4.72 Å². The number of nitrogens with one attached hydrogen (secondary N) is 2. The number of rotatable bonds is 6. The molecule has 2 aromatic carbocycles. The average Bonchev–Trinajstić information content (AvgIpc) is 2.54. The Morgan fingerprint density at radius 3 is 2.25 bits per heavy atom. The van der Waals surface area contributed by atoms with E-state index in [0.717, 1.165) is 4.90 Å². The standard InChI is InChI=1S/C17H20N2O3S2/c1-12(2)19-24(21,22)14-10-8-13(9-11-14)18-17(20)15-6-4-5-7-16(15)23-3/h4-12,19H,1-3H3,(H,18,20). The number of hydrogen-bond acceptors (Lipinski definition) is 4. The van der Waals surface area contributed by atoms with Gasteiger partial charge in [0.25, 0.3) is 5.91 Å². The number of benzene rings is 2. The van der Waals surface area contributed by atoms with Gasteiger partial charge in [0, 0.05) is 16.6 Å². The minimum absolute atomic E-state index is 0.165. The zero-order valence-corrected chi connectivity index (χ0v) is 15.4. The van der Waals surface area contributed by atoms with Crippen LogP contribution in [0.15, 0.2) is 58.3 Å². The number of sulfonamides is 1. The summed E-state index contributed by atoms with van der Waals surface area (Å²) in [5.41, 5.74) is 1.13. The van der Waals surface area contributed by atoms with Crippen molar-refractivity contribution in [3.63, 3.8) is 0 Å². The molecule has 5 nitrogen and oxygen atoms in total. The lowest BCUT2D eigenvalue weighted by atomic mass is 10.2. The highest BCUT2D eigenvalue weighted by molar-refractivity contribution is 7.98. The molecule has 0 aromatic heterocycles. The van der Waals surface area contributed by atoms with Crippen molar-refractivity contribution in [1.29, 1.82) is 0 Å². The molecule has 0 aliphatic carbocycles. The molecule has 0 heterocycles. The van der Waals surface area contributed by atoms with Crippen LogP contribution in [0.25, 0.3) is 0 Å². The number of carbonyl (C=O) groups excluding carboxylic acids is 1. The Kier molecular flexibility index (Phi) is 6.04. The van der Waals surface area contributed by atoms with Crippen LogP contribution in [-0.4, -0.2) is 26.6 Å². The molecule has 0 unspecified atom stereocenters. The van der Waals surface area contributed by atoms with Crippen LogP contribution in [0, 0.1) is 0 Å². The van der Waals surface area contributed by atoms with Gasteiger partial charge in [0.05, 0.1) is 10.5 Å². The number of anilines is 1. The Balaban J connectivity index is 2.16. The van der Waals surface area contributed by atoms with E-state index in [0.29, 0.717) is 11.3 Å². The fraction of sp³-hybridized carbons (Fsp3) is 0.235. The van der Waals surface area contributed by atoms with Gasteiger partial charge in [-0.25, -0.2) is 13.1 Å². The topological polar surface area (TPSA) is 75.3 Å². The molecule has 24 heavy (non-hydrogen) atoms. The van der Waals surface area contributed by atoms with E-state index in [4.69, 9.17) is 0 Å². The average molecular weight is 364 g/mol. The number of amides is 1. The Labute approximate surface area is 146 Å². The maximum absolute atomic E-state index is 12.4. The summed E-state index contributed by atoms with van der Waals surface area (Å²) in [6, 6.07) is 13.2. The van der Waals surface area contributed by atoms with Gasteiger partial charge in [-0.05, 0) is 56.5 Å². The molecule has 0 bridgehead atoms. The highest BCUT2D eigenvalue weighted by atomic mass is 32.2. The molecule has 0 aliphatic rings. The summed E-state index contributed by atoms with van der Waals surface area (Å²) in [5.74, 6) is -0.226. The molecule has 2 rings (SSSR count). The zero-order valence-electron chi connectivity index (χ0n) is 13.7. The van der Waals surface area contributed by atoms with E-state index in [1.54, 1.807) is 32.0 Å². The predicted molar refractivity (Wildman–Crippen MR) is 98.1 cm³/mol. The van der Waals surface area contributed by atoms with E-state index in [1.807, 2.05) is 24.5 Å². The fourth-order valence-corrected chi connectivity index (χ4v) is 3.97. The van der Waals surface area contributed by atoms with Crippen LogP contribution in [0.2, 0.25) is 0 Å². The maximum atomic E-state index is 12.4. The van der Waals surface area contributed by atoms with Gasteiger partial charge >= 0.3 is 0 Å².